The highest BCUT2D eigenvalue weighted by Crippen LogP contribution is 2.41. The monoisotopic (exact) mass is 1380 g/mol. The number of hydrogen-bond acceptors (Lipinski definition) is 0. The van der Waals surface area contributed by atoms with E-state index in [9.17, 15) is 0 Å². The molecule has 8 nitrogen and oxygen atoms in total. The Hall–Kier alpha value is -14.1. The van der Waals surface area contributed by atoms with Crippen molar-refractivity contribution < 1.29 is 0 Å². The van der Waals surface area contributed by atoms with Gasteiger partial charge in [0.15, 0.2) is 0 Å². The number of rotatable bonds is 8. The van der Waals surface area contributed by atoms with Gasteiger partial charge >= 0.3 is 0 Å². The Morgan fingerprint density at radius 1 is 0.241 bits per heavy atom. The number of nitrogens with zero attached hydrogens (tertiary/aromatic N) is 1. The van der Waals surface area contributed by atoms with Crippen LogP contribution in [0.3, 0.4) is 0 Å². The van der Waals surface area contributed by atoms with Crippen LogP contribution in [-0.2, 0) is 25.7 Å². The van der Waals surface area contributed by atoms with E-state index in [0.29, 0.717) is 0 Å². The highest BCUT2D eigenvalue weighted by atomic mass is 15.1. The number of aromatic nitrogens is 8. The minimum Gasteiger partial charge on any atom is -0.355 e. The first-order chi connectivity index (χ1) is 53.4. The van der Waals surface area contributed by atoms with Crippen molar-refractivity contribution in [3.05, 3.63) is 395 Å². The highest BCUT2D eigenvalue weighted by Gasteiger charge is 2.23. The Bertz CT molecular complexity index is 6880. The molecule has 108 heavy (non-hydrogen) atoms. The topological polar surface area (TPSA) is 115 Å². The number of nitrogens with one attached hydrogen (secondary N) is 7. The zero-order valence-electron chi connectivity index (χ0n) is 59.2. The quantitative estimate of drug-likeness (QED) is 0.0786. The molecule has 0 amide bonds. The van der Waals surface area contributed by atoms with Crippen LogP contribution < -0.4 is 0 Å². The van der Waals surface area contributed by atoms with Gasteiger partial charge in [0.25, 0.3) is 0 Å². The zero-order valence-corrected chi connectivity index (χ0v) is 59.2. The number of allylic oxidation sites excluding steroid dienone is 4. The number of aromatic amines is 7. The lowest BCUT2D eigenvalue weighted by Crippen LogP contribution is -1.91. The summed E-state index contributed by atoms with van der Waals surface area (Å²) in [5.74, 6) is 1.08. The smallest absolute Gasteiger partial charge is 0.115 e. The molecule has 0 atom stereocenters. The van der Waals surface area contributed by atoms with Crippen LogP contribution in [0.5, 0.6) is 0 Å². The Morgan fingerprint density at radius 3 is 1.16 bits per heavy atom. The van der Waals surface area contributed by atoms with E-state index in [1.165, 1.54) is 194 Å². The second-order valence-electron chi connectivity index (χ2n) is 29.1. The van der Waals surface area contributed by atoms with E-state index < -0.39 is 0 Å². The first-order valence-electron chi connectivity index (χ1n) is 37.3. The van der Waals surface area contributed by atoms with E-state index in [-0.39, 0.29) is 0 Å². The molecule has 12 aromatic carbocycles. The second-order valence-corrected chi connectivity index (χ2v) is 29.1. The summed E-state index contributed by atoms with van der Waals surface area (Å²) in [5.41, 5.74) is 38.1. The van der Waals surface area contributed by atoms with Crippen LogP contribution in [0.1, 0.15) is 55.9 Å². The van der Waals surface area contributed by atoms with Gasteiger partial charge in [0.1, 0.15) is 5.82 Å². The van der Waals surface area contributed by atoms with Crippen molar-refractivity contribution in [2.24, 2.45) is 0 Å². The summed E-state index contributed by atoms with van der Waals surface area (Å²) in [6, 6.07) is 113. The molecule has 0 bridgehead atoms. The fraction of sp³-hybridized carbons (Fsp3) is 0.0400. The van der Waals surface area contributed by atoms with E-state index in [1.807, 2.05) is 0 Å². The first-order valence-corrected chi connectivity index (χ1v) is 37.3. The number of fused-ring (bicyclic) bond motifs is 12. The van der Waals surface area contributed by atoms with Crippen molar-refractivity contribution in [1.29, 1.82) is 0 Å². The van der Waals surface area contributed by atoms with Gasteiger partial charge in [0.2, 0.25) is 0 Å². The van der Waals surface area contributed by atoms with Crippen molar-refractivity contribution in [3.63, 3.8) is 0 Å². The fourth-order valence-electron chi connectivity index (χ4n) is 16.7. The minimum atomic E-state index is 0.993. The Labute approximate surface area is 623 Å². The molecule has 0 fully saturated rings. The molecular formula is C100H72N8. The summed E-state index contributed by atoms with van der Waals surface area (Å²) >= 11 is 0. The third-order valence-electron chi connectivity index (χ3n) is 22.3. The molecule has 0 spiro atoms. The van der Waals surface area contributed by atoms with E-state index in [1.54, 1.807) is 0 Å². The highest BCUT2D eigenvalue weighted by molar-refractivity contribution is 5.98. The molecule has 8 aromatic heterocycles. The van der Waals surface area contributed by atoms with Crippen LogP contribution in [0.2, 0.25) is 0 Å². The lowest BCUT2D eigenvalue weighted by Gasteiger charge is -2.07. The van der Waals surface area contributed by atoms with Gasteiger partial charge in [-0.1, -0.05) is 224 Å². The van der Waals surface area contributed by atoms with Crippen LogP contribution in [-0.4, -0.2) is 39.5 Å². The Kier molecular flexibility index (Phi) is 15.0. The average molecular weight is 1390 g/mol. The van der Waals surface area contributed by atoms with E-state index in [2.05, 4.69) is 385 Å². The maximum Gasteiger partial charge on any atom is 0.115 e. The van der Waals surface area contributed by atoms with Crippen molar-refractivity contribution in [1.82, 2.24) is 39.5 Å². The Balaban J connectivity index is 0.0000000919. The number of para-hydroxylation sites is 6. The molecule has 4 aliphatic rings. The second kappa shape index (κ2) is 26.0. The lowest BCUT2D eigenvalue weighted by atomic mass is 9.99. The fourth-order valence-corrected chi connectivity index (χ4v) is 16.7. The molecule has 8 heterocycles. The summed E-state index contributed by atoms with van der Waals surface area (Å²) in [6.45, 7) is 0. The normalized spacial score (nSPS) is 13.3. The van der Waals surface area contributed by atoms with Gasteiger partial charge in [0, 0.05) is 145 Å². The third-order valence-corrected chi connectivity index (χ3v) is 22.3. The van der Waals surface area contributed by atoms with Crippen LogP contribution in [0.25, 0.3) is 167 Å². The molecule has 0 radical (unpaired) electrons. The van der Waals surface area contributed by atoms with Gasteiger partial charge in [0.05, 0.1) is 5.52 Å². The van der Waals surface area contributed by atoms with Crippen molar-refractivity contribution in [2.45, 2.75) is 25.7 Å². The van der Waals surface area contributed by atoms with Gasteiger partial charge < -0.3 is 39.5 Å². The number of H-pyrrole nitrogens is 7. The predicted octanol–water partition coefficient (Wildman–Crippen LogP) is 25.4. The summed E-state index contributed by atoms with van der Waals surface area (Å²) in [4.78, 5) is 24.9. The van der Waals surface area contributed by atoms with E-state index in [4.69, 9.17) is 0 Å². The minimum absolute atomic E-state index is 0.993. The first kappa shape index (κ1) is 62.5. The maximum absolute atomic E-state index is 3.63. The summed E-state index contributed by atoms with van der Waals surface area (Å²) < 4.78 is 2.22. The van der Waals surface area contributed by atoms with Gasteiger partial charge in [-0.05, 0) is 207 Å². The third kappa shape index (κ3) is 11.6. The van der Waals surface area contributed by atoms with Gasteiger partial charge in [-0.2, -0.15) is 0 Å². The summed E-state index contributed by atoms with van der Waals surface area (Å²) in [7, 11) is 0. The van der Waals surface area contributed by atoms with Crippen molar-refractivity contribution in [2.75, 3.05) is 0 Å². The van der Waals surface area contributed by atoms with Gasteiger partial charge in [-0.15, -0.1) is 0 Å². The molecule has 20 aromatic rings. The SMILES string of the molecule is C1=C(C2=Cc3cc(-c4cc5ccccc5[nH]4)ccc3C2)Cc2ccccc21.C1=C(c2cc3ccc(-c4cc5ccccc5[nH]4)cc3[nH]2)Cc2ccccc21.C1=C(c2cc3ccccc3[nH]2)c2cc(-c3cc4ccccc4[nH]3)ccc2C1.c1ccc2[nH]c(-c3ccc4ccn(-c5cc6ccccc6[nH]5)c4c3)cc2c1. The van der Waals surface area contributed by atoms with Gasteiger partial charge in [-0.25, -0.2) is 0 Å². The van der Waals surface area contributed by atoms with Crippen molar-refractivity contribution >= 4 is 117 Å². The van der Waals surface area contributed by atoms with E-state index in [0.717, 1.165) is 48.4 Å². The molecular weight excluding hydrogens is 1310 g/mol. The predicted molar refractivity (Wildman–Crippen MR) is 452 cm³/mol. The van der Waals surface area contributed by atoms with Crippen LogP contribution >= 0.6 is 0 Å². The number of hydrogen-bond donors (Lipinski definition) is 7. The molecule has 0 aliphatic heterocycles. The van der Waals surface area contributed by atoms with Crippen LogP contribution in [0.4, 0.5) is 0 Å². The molecule has 24 rings (SSSR count). The Morgan fingerprint density at radius 2 is 0.620 bits per heavy atom. The van der Waals surface area contributed by atoms with Gasteiger partial charge in [-0.3, -0.25) is 0 Å². The molecule has 512 valence electrons. The van der Waals surface area contributed by atoms with Crippen LogP contribution in [0.15, 0.2) is 339 Å². The average Bonchev–Trinajstić information content (AvgIpc) is 1.63. The maximum atomic E-state index is 3.63. The number of benzene rings is 12. The lowest BCUT2D eigenvalue weighted by molar-refractivity contribution is 1.08. The van der Waals surface area contributed by atoms with Crippen molar-refractivity contribution in [3.8, 4) is 50.8 Å². The standard InChI is InChI=1S/C26H19N.2C25H18N2.C24H17N3/c1-2-6-18-12-23(11-17(18)5-1)24-13-19-9-10-21(14-22(19)15-24)26-16-20-7-3-4-8-25(20)27-26;1-3-7-22-17(5-1)14-24(26-22)19-10-9-16-11-12-20(21(16)13-19)25-15-18-6-2-4-8-23(18)27-25;1-2-6-17-12-21(11-16(17)5-1)25-15-20-10-9-19(14-24(20)27-25)23-13-18-7-3-4-8-22(18)26-23;1-3-7-20-17(5-1)13-22(25-20)19-10-9-16-11-12-27(23(16)14-19)24-15-18-6-2-4-8-21(18)26-24/h1-11,14-16,27H,12-13H2;1-10,12-15,26-27H,11H2;1-11,13-15,26-27H,12H2;1-15,25-26H. The summed E-state index contributed by atoms with van der Waals surface area (Å²) in [6.07, 6.45) is 15.6. The molecule has 0 saturated carbocycles. The molecule has 4 aliphatic carbocycles. The molecule has 7 N–H and O–H groups in total. The van der Waals surface area contributed by atoms with E-state index >= 15 is 0 Å². The zero-order chi connectivity index (χ0) is 71.2. The molecule has 8 heteroatoms. The molecule has 0 saturated heterocycles. The molecule has 0 unspecified atom stereocenters. The van der Waals surface area contributed by atoms with Crippen LogP contribution in [0, 0.1) is 0 Å². The summed E-state index contributed by atoms with van der Waals surface area (Å²) in [5, 5.41) is 9.95. The largest absolute Gasteiger partial charge is 0.355 e.